The van der Waals surface area contributed by atoms with Crippen molar-refractivity contribution in [2.75, 3.05) is 0 Å². The third-order valence-corrected chi connectivity index (χ3v) is 2.37. The zero-order chi connectivity index (χ0) is 10.0. The minimum absolute atomic E-state index is 0.408. The van der Waals surface area contributed by atoms with Crippen LogP contribution in [0, 0.1) is 18.3 Å². The lowest BCUT2D eigenvalue weighted by Crippen LogP contribution is -1.95. The summed E-state index contributed by atoms with van der Waals surface area (Å²) in [5.74, 6) is 0.408. The van der Waals surface area contributed by atoms with Crippen molar-refractivity contribution in [3.63, 3.8) is 0 Å². The van der Waals surface area contributed by atoms with Crippen LogP contribution in [0.25, 0.3) is 0 Å². The Labute approximate surface area is 84.0 Å². The summed E-state index contributed by atoms with van der Waals surface area (Å²) in [5.41, 5.74) is 2.88. The first kappa shape index (κ1) is 10.1. The Morgan fingerprint density at radius 1 is 1.38 bits per heavy atom. The predicted molar refractivity (Wildman–Crippen MR) is 55.0 cm³/mol. The first-order valence-corrected chi connectivity index (χ1v) is 4.64. The molecule has 0 saturated heterocycles. The summed E-state index contributed by atoms with van der Waals surface area (Å²) >= 11 is 5.89. The lowest BCUT2D eigenvalue weighted by molar-refractivity contribution is 0.855. The van der Waals surface area contributed by atoms with Crippen molar-refractivity contribution in [3.05, 3.63) is 33.8 Å². The summed E-state index contributed by atoms with van der Waals surface area (Å²) < 4.78 is 0. The zero-order valence-electron chi connectivity index (χ0n) is 8.06. The maximum atomic E-state index is 8.84. The third kappa shape index (κ3) is 2.02. The molecule has 0 radical (unpaired) electrons. The Kier molecular flexibility index (Phi) is 2.95. The minimum atomic E-state index is 0.408. The molecule has 0 aliphatic carbocycles. The van der Waals surface area contributed by atoms with Crippen molar-refractivity contribution in [1.82, 2.24) is 0 Å². The summed E-state index contributed by atoms with van der Waals surface area (Å²) in [5, 5.41) is 9.48. The first-order chi connectivity index (χ1) is 6.06. The summed E-state index contributed by atoms with van der Waals surface area (Å²) in [7, 11) is 0. The number of hydrogen-bond acceptors (Lipinski definition) is 1. The molecule has 0 heterocycles. The second kappa shape index (κ2) is 3.81. The molecule has 1 rings (SSSR count). The fraction of sp³-hybridized carbons (Fsp3) is 0.364. The predicted octanol–water partition coefficient (Wildman–Crippen LogP) is 3.64. The number of nitrogens with zero attached hydrogens (tertiary/aromatic N) is 1. The van der Waals surface area contributed by atoms with Gasteiger partial charge in [0.2, 0.25) is 0 Å². The Morgan fingerprint density at radius 2 is 2.00 bits per heavy atom. The van der Waals surface area contributed by atoms with E-state index in [4.69, 9.17) is 16.9 Å². The summed E-state index contributed by atoms with van der Waals surface area (Å²) in [4.78, 5) is 0. The van der Waals surface area contributed by atoms with Crippen LogP contribution in [0.2, 0.25) is 5.02 Å². The van der Waals surface area contributed by atoms with Gasteiger partial charge in [-0.05, 0) is 36.1 Å². The van der Waals surface area contributed by atoms with Crippen LogP contribution in [0.1, 0.15) is 36.5 Å². The van der Waals surface area contributed by atoms with Crippen LogP contribution in [-0.4, -0.2) is 0 Å². The smallest absolute Gasteiger partial charge is 0.0995 e. The van der Waals surface area contributed by atoms with Gasteiger partial charge in [0.05, 0.1) is 11.6 Å². The number of halogens is 1. The average molecular weight is 194 g/mol. The van der Waals surface area contributed by atoms with Crippen LogP contribution in [0.3, 0.4) is 0 Å². The van der Waals surface area contributed by atoms with Crippen molar-refractivity contribution in [3.8, 4) is 6.07 Å². The van der Waals surface area contributed by atoms with E-state index in [1.807, 2.05) is 13.0 Å². The molecule has 0 atom stereocenters. The fourth-order valence-electron chi connectivity index (χ4n) is 1.42. The minimum Gasteiger partial charge on any atom is -0.192 e. The molecule has 0 saturated carbocycles. The molecule has 1 aromatic rings. The molecule has 0 N–H and O–H groups in total. The van der Waals surface area contributed by atoms with Crippen LogP contribution in [0.4, 0.5) is 0 Å². The molecule has 2 heteroatoms. The van der Waals surface area contributed by atoms with Crippen LogP contribution in [0.5, 0.6) is 0 Å². The average Bonchev–Trinajstić information content (AvgIpc) is 2.08. The van der Waals surface area contributed by atoms with Gasteiger partial charge in [-0.1, -0.05) is 25.4 Å². The Balaban J connectivity index is 3.38. The number of hydrogen-bond donors (Lipinski definition) is 0. The highest BCUT2D eigenvalue weighted by molar-refractivity contribution is 6.30. The van der Waals surface area contributed by atoms with E-state index in [-0.39, 0.29) is 0 Å². The summed E-state index contributed by atoms with van der Waals surface area (Å²) in [6, 6.07) is 5.79. The first-order valence-electron chi connectivity index (χ1n) is 4.26. The molecule has 1 aromatic carbocycles. The van der Waals surface area contributed by atoms with Gasteiger partial charge in [-0.25, -0.2) is 0 Å². The highest BCUT2D eigenvalue weighted by atomic mass is 35.5. The van der Waals surface area contributed by atoms with Gasteiger partial charge in [0, 0.05) is 5.02 Å². The maximum absolute atomic E-state index is 8.84. The Hall–Kier alpha value is -1.00. The van der Waals surface area contributed by atoms with E-state index in [1.54, 1.807) is 6.07 Å². The quantitative estimate of drug-likeness (QED) is 0.668. The molecule has 0 spiro atoms. The van der Waals surface area contributed by atoms with E-state index < -0.39 is 0 Å². The van der Waals surface area contributed by atoms with Crippen LogP contribution >= 0.6 is 11.6 Å². The van der Waals surface area contributed by atoms with Gasteiger partial charge >= 0.3 is 0 Å². The van der Waals surface area contributed by atoms with Crippen molar-refractivity contribution in [2.24, 2.45) is 0 Å². The second-order valence-corrected chi connectivity index (χ2v) is 3.87. The fourth-order valence-corrected chi connectivity index (χ4v) is 1.64. The van der Waals surface area contributed by atoms with Gasteiger partial charge in [-0.15, -0.1) is 0 Å². The third-order valence-electron chi connectivity index (χ3n) is 2.16. The molecule has 0 aromatic heterocycles. The number of rotatable bonds is 1. The standard InChI is InChI=1S/C11H12ClN/c1-7(2)11-5-10(12)4-9(6-13)8(11)3/h4-5,7H,1-3H3. The maximum Gasteiger partial charge on any atom is 0.0995 e. The number of nitriles is 1. The van der Waals surface area contributed by atoms with E-state index in [9.17, 15) is 0 Å². The van der Waals surface area contributed by atoms with Crippen molar-refractivity contribution >= 4 is 11.6 Å². The Bertz CT molecular complexity index is 361. The SMILES string of the molecule is Cc1c(C#N)cc(Cl)cc1C(C)C. The van der Waals surface area contributed by atoms with Gasteiger partial charge in [0.25, 0.3) is 0 Å². The van der Waals surface area contributed by atoms with Gasteiger partial charge in [-0.2, -0.15) is 5.26 Å². The molecule has 0 aliphatic rings. The van der Waals surface area contributed by atoms with E-state index in [1.165, 1.54) is 0 Å². The largest absolute Gasteiger partial charge is 0.192 e. The molecule has 0 amide bonds. The molecule has 13 heavy (non-hydrogen) atoms. The number of benzene rings is 1. The molecule has 0 aliphatic heterocycles. The van der Waals surface area contributed by atoms with Crippen molar-refractivity contribution < 1.29 is 0 Å². The van der Waals surface area contributed by atoms with Gasteiger partial charge in [0.1, 0.15) is 0 Å². The van der Waals surface area contributed by atoms with Gasteiger partial charge in [0.15, 0.2) is 0 Å². The molecule has 1 nitrogen and oxygen atoms in total. The second-order valence-electron chi connectivity index (χ2n) is 3.43. The van der Waals surface area contributed by atoms with Gasteiger partial charge in [-0.3, -0.25) is 0 Å². The van der Waals surface area contributed by atoms with E-state index in [2.05, 4.69) is 19.9 Å². The Morgan fingerprint density at radius 3 is 2.46 bits per heavy atom. The van der Waals surface area contributed by atoms with Gasteiger partial charge < -0.3 is 0 Å². The monoisotopic (exact) mass is 193 g/mol. The van der Waals surface area contributed by atoms with Crippen LogP contribution in [0.15, 0.2) is 12.1 Å². The lowest BCUT2D eigenvalue weighted by Gasteiger charge is -2.11. The molecule has 0 fully saturated rings. The lowest BCUT2D eigenvalue weighted by atomic mass is 9.95. The summed E-state index contributed by atoms with van der Waals surface area (Å²) in [6.07, 6.45) is 0. The van der Waals surface area contributed by atoms with Crippen molar-refractivity contribution in [2.45, 2.75) is 26.7 Å². The molecular formula is C11H12ClN. The van der Waals surface area contributed by atoms with E-state index in [0.717, 1.165) is 11.1 Å². The molecule has 68 valence electrons. The highest BCUT2D eigenvalue weighted by Gasteiger charge is 2.08. The topological polar surface area (TPSA) is 23.8 Å². The normalized spacial score (nSPS) is 10.2. The van der Waals surface area contributed by atoms with E-state index in [0.29, 0.717) is 16.5 Å². The summed E-state index contributed by atoms with van der Waals surface area (Å²) in [6.45, 7) is 6.16. The van der Waals surface area contributed by atoms with Crippen LogP contribution in [-0.2, 0) is 0 Å². The molecular weight excluding hydrogens is 182 g/mol. The highest BCUT2D eigenvalue weighted by Crippen LogP contribution is 2.25. The molecule has 0 unspecified atom stereocenters. The van der Waals surface area contributed by atoms with Crippen molar-refractivity contribution in [1.29, 1.82) is 5.26 Å². The molecule has 0 bridgehead atoms. The van der Waals surface area contributed by atoms with Crippen LogP contribution < -0.4 is 0 Å². The van der Waals surface area contributed by atoms with E-state index >= 15 is 0 Å². The zero-order valence-corrected chi connectivity index (χ0v) is 8.81.